The van der Waals surface area contributed by atoms with Crippen LogP contribution >= 0.6 is 0 Å². The van der Waals surface area contributed by atoms with Crippen LogP contribution in [0.25, 0.3) is 0 Å². The molecule has 0 aliphatic carbocycles. The predicted molar refractivity (Wildman–Crippen MR) is 44.4 cm³/mol. The predicted octanol–water partition coefficient (Wildman–Crippen LogP) is 1.38. The number of amidine groups is 1. The average Bonchev–Trinajstić information content (AvgIpc) is 1.95. The summed E-state index contributed by atoms with van der Waals surface area (Å²) in [6.07, 6.45) is 1.25. The van der Waals surface area contributed by atoms with Gasteiger partial charge >= 0.3 is 0 Å². The smallest absolute Gasteiger partial charge is 0.0955 e. The minimum absolute atomic E-state index is 0.786. The first kappa shape index (κ1) is 7.58. The van der Waals surface area contributed by atoms with Crippen molar-refractivity contribution in [1.29, 1.82) is 0 Å². The van der Waals surface area contributed by atoms with Crippen molar-refractivity contribution in [3.05, 3.63) is 0 Å². The number of rotatable bonds is 1. The van der Waals surface area contributed by atoms with E-state index in [0.717, 1.165) is 12.5 Å². The molecule has 0 spiro atoms. The second-order valence-electron chi connectivity index (χ2n) is 3.04. The first-order valence-corrected chi connectivity index (χ1v) is 3.96. The molecule has 0 saturated heterocycles. The Bertz CT molecular complexity index is 140. The molecule has 58 valence electrons. The SMILES string of the molecule is CCC1CN=C(C)N(C)C1. The molecular formula is C8H16N2. The van der Waals surface area contributed by atoms with Gasteiger partial charge in [-0.15, -0.1) is 0 Å². The second kappa shape index (κ2) is 3.04. The van der Waals surface area contributed by atoms with Crippen LogP contribution in [-0.4, -0.2) is 30.9 Å². The minimum Gasteiger partial charge on any atom is -0.363 e. The Hall–Kier alpha value is -0.530. The van der Waals surface area contributed by atoms with Crippen LogP contribution in [0.4, 0.5) is 0 Å². The van der Waals surface area contributed by atoms with Crippen LogP contribution in [0.15, 0.2) is 4.99 Å². The number of hydrogen-bond donors (Lipinski definition) is 0. The average molecular weight is 140 g/mol. The van der Waals surface area contributed by atoms with Gasteiger partial charge < -0.3 is 4.90 Å². The zero-order valence-corrected chi connectivity index (χ0v) is 7.09. The van der Waals surface area contributed by atoms with E-state index in [1.807, 2.05) is 0 Å². The summed E-state index contributed by atoms with van der Waals surface area (Å²) in [6, 6.07) is 0. The lowest BCUT2D eigenvalue weighted by Gasteiger charge is -2.28. The quantitative estimate of drug-likeness (QED) is 0.537. The molecule has 10 heavy (non-hydrogen) atoms. The molecule has 0 radical (unpaired) electrons. The largest absolute Gasteiger partial charge is 0.363 e. The zero-order chi connectivity index (χ0) is 7.56. The van der Waals surface area contributed by atoms with Gasteiger partial charge in [-0.3, -0.25) is 4.99 Å². The first-order chi connectivity index (χ1) is 4.74. The number of aliphatic imine (C=N–C) groups is 1. The maximum atomic E-state index is 4.41. The van der Waals surface area contributed by atoms with Crippen LogP contribution in [-0.2, 0) is 0 Å². The molecule has 1 aliphatic heterocycles. The Balaban J connectivity index is 2.51. The molecule has 0 N–H and O–H groups in total. The number of nitrogens with zero attached hydrogens (tertiary/aromatic N) is 2. The Labute approximate surface area is 62.9 Å². The van der Waals surface area contributed by atoms with Crippen LogP contribution in [0.5, 0.6) is 0 Å². The van der Waals surface area contributed by atoms with Gasteiger partial charge in [-0.05, 0) is 19.3 Å². The van der Waals surface area contributed by atoms with Crippen molar-refractivity contribution >= 4 is 5.84 Å². The molecule has 2 heteroatoms. The van der Waals surface area contributed by atoms with E-state index in [-0.39, 0.29) is 0 Å². The Morgan fingerprint density at radius 1 is 1.70 bits per heavy atom. The van der Waals surface area contributed by atoms with Gasteiger partial charge in [-0.2, -0.15) is 0 Å². The topological polar surface area (TPSA) is 15.6 Å². The summed E-state index contributed by atoms with van der Waals surface area (Å²) in [7, 11) is 2.11. The summed E-state index contributed by atoms with van der Waals surface area (Å²) in [5.74, 6) is 1.97. The summed E-state index contributed by atoms with van der Waals surface area (Å²) in [4.78, 5) is 6.64. The Morgan fingerprint density at radius 2 is 2.40 bits per heavy atom. The van der Waals surface area contributed by atoms with Crippen molar-refractivity contribution in [2.75, 3.05) is 20.1 Å². The highest BCUT2D eigenvalue weighted by Gasteiger charge is 2.14. The van der Waals surface area contributed by atoms with Crippen molar-refractivity contribution in [2.45, 2.75) is 20.3 Å². The second-order valence-corrected chi connectivity index (χ2v) is 3.04. The molecule has 0 aromatic heterocycles. The van der Waals surface area contributed by atoms with Gasteiger partial charge in [0.05, 0.1) is 5.84 Å². The lowest BCUT2D eigenvalue weighted by molar-refractivity contribution is 0.354. The van der Waals surface area contributed by atoms with E-state index >= 15 is 0 Å². The zero-order valence-electron chi connectivity index (χ0n) is 7.09. The third-order valence-electron chi connectivity index (χ3n) is 2.24. The van der Waals surface area contributed by atoms with Crippen molar-refractivity contribution in [1.82, 2.24) is 4.90 Å². The van der Waals surface area contributed by atoms with E-state index in [2.05, 4.69) is 30.8 Å². The summed E-state index contributed by atoms with van der Waals surface area (Å²) >= 11 is 0. The highest BCUT2D eigenvalue weighted by molar-refractivity contribution is 5.79. The van der Waals surface area contributed by atoms with Crippen molar-refractivity contribution in [2.24, 2.45) is 10.9 Å². The molecule has 2 nitrogen and oxygen atoms in total. The maximum Gasteiger partial charge on any atom is 0.0955 e. The molecule has 1 unspecified atom stereocenters. The normalized spacial score (nSPS) is 26.5. The molecule has 0 fully saturated rings. The van der Waals surface area contributed by atoms with E-state index < -0.39 is 0 Å². The van der Waals surface area contributed by atoms with Crippen LogP contribution in [0.3, 0.4) is 0 Å². The molecule has 1 heterocycles. The van der Waals surface area contributed by atoms with Crippen LogP contribution in [0.2, 0.25) is 0 Å². The summed E-state index contributed by atoms with van der Waals surface area (Å²) < 4.78 is 0. The van der Waals surface area contributed by atoms with Gasteiger partial charge in [0.1, 0.15) is 0 Å². The van der Waals surface area contributed by atoms with Crippen LogP contribution < -0.4 is 0 Å². The first-order valence-electron chi connectivity index (χ1n) is 3.96. The standard InChI is InChI=1S/C8H16N2/c1-4-8-5-9-7(2)10(3)6-8/h8H,4-6H2,1-3H3. The van der Waals surface area contributed by atoms with Gasteiger partial charge in [0.2, 0.25) is 0 Å². The third-order valence-corrected chi connectivity index (χ3v) is 2.24. The maximum absolute atomic E-state index is 4.41. The molecule has 1 aliphatic rings. The molecule has 0 amide bonds. The van der Waals surface area contributed by atoms with E-state index in [1.54, 1.807) is 0 Å². The fourth-order valence-electron chi connectivity index (χ4n) is 1.22. The summed E-state index contributed by atoms with van der Waals surface area (Å²) in [5, 5.41) is 0. The molecular weight excluding hydrogens is 124 g/mol. The van der Waals surface area contributed by atoms with E-state index in [9.17, 15) is 0 Å². The minimum atomic E-state index is 0.786. The molecule has 1 atom stereocenters. The van der Waals surface area contributed by atoms with Crippen molar-refractivity contribution in [3.8, 4) is 0 Å². The van der Waals surface area contributed by atoms with Crippen molar-refractivity contribution in [3.63, 3.8) is 0 Å². The molecule has 1 rings (SSSR count). The Morgan fingerprint density at radius 3 is 2.90 bits per heavy atom. The number of hydrogen-bond acceptors (Lipinski definition) is 2. The highest BCUT2D eigenvalue weighted by atomic mass is 15.2. The molecule has 0 aromatic rings. The van der Waals surface area contributed by atoms with E-state index in [4.69, 9.17) is 0 Å². The fourth-order valence-corrected chi connectivity index (χ4v) is 1.22. The molecule has 0 aromatic carbocycles. The highest BCUT2D eigenvalue weighted by Crippen LogP contribution is 2.10. The van der Waals surface area contributed by atoms with Gasteiger partial charge in [-0.25, -0.2) is 0 Å². The summed E-state index contributed by atoms with van der Waals surface area (Å²) in [6.45, 7) is 6.53. The lowest BCUT2D eigenvalue weighted by Crippen LogP contribution is -2.35. The Kier molecular flexibility index (Phi) is 2.30. The van der Waals surface area contributed by atoms with Gasteiger partial charge in [0.15, 0.2) is 0 Å². The van der Waals surface area contributed by atoms with Crippen LogP contribution in [0, 0.1) is 5.92 Å². The monoisotopic (exact) mass is 140 g/mol. The third kappa shape index (κ3) is 1.49. The van der Waals surface area contributed by atoms with Gasteiger partial charge in [-0.1, -0.05) is 6.92 Å². The fraction of sp³-hybridized carbons (Fsp3) is 0.875. The lowest BCUT2D eigenvalue weighted by atomic mass is 10.1. The van der Waals surface area contributed by atoms with Gasteiger partial charge in [0, 0.05) is 20.1 Å². The van der Waals surface area contributed by atoms with Crippen LogP contribution in [0.1, 0.15) is 20.3 Å². The van der Waals surface area contributed by atoms with E-state index in [1.165, 1.54) is 18.8 Å². The summed E-state index contributed by atoms with van der Waals surface area (Å²) in [5.41, 5.74) is 0. The van der Waals surface area contributed by atoms with E-state index in [0.29, 0.717) is 0 Å². The van der Waals surface area contributed by atoms with Crippen molar-refractivity contribution < 1.29 is 0 Å². The molecule has 0 bridgehead atoms. The van der Waals surface area contributed by atoms with Gasteiger partial charge in [0.25, 0.3) is 0 Å². The molecule has 0 saturated carbocycles.